The number of phenols is 2. The van der Waals surface area contributed by atoms with Crippen molar-refractivity contribution in [2.45, 2.75) is 18.9 Å². The smallest absolute Gasteiger partial charge is 0.258 e. The molecule has 92 valence electrons. The second kappa shape index (κ2) is 5.05. The molecule has 1 fully saturated rings. The third-order valence-electron chi connectivity index (χ3n) is 2.92. The molecule has 0 radical (unpaired) electrons. The lowest BCUT2D eigenvalue weighted by atomic mass is 10.1. The molecule has 0 aromatic heterocycles. The minimum absolute atomic E-state index is 0.0644. The fourth-order valence-electron chi connectivity index (χ4n) is 2.00. The van der Waals surface area contributed by atoms with E-state index >= 15 is 0 Å². The minimum atomic E-state index is -0.450. The van der Waals surface area contributed by atoms with Gasteiger partial charge in [0.15, 0.2) is 0 Å². The maximum absolute atomic E-state index is 11.8. The molecule has 1 saturated heterocycles. The summed E-state index contributed by atoms with van der Waals surface area (Å²) in [6.07, 6.45) is 2.15. The molecule has 1 heterocycles. The molecule has 0 bridgehead atoms. The standard InChI is InChI=1S/C12H16N2O3/c15-9-4-1-5-10(16)11(9)12(17)14-7-8-3-2-6-13-8/h1,4-5,8,13,15-16H,2-3,6-7H2,(H,14,17). The van der Waals surface area contributed by atoms with Crippen molar-refractivity contribution in [2.75, 3.05) is 13.1 Å². The van der Waals surface area contributed by atoms with E-state index in [2.05, 4.69) is 10.6 Å². The van der Waals surface area contributed by atoms with Gasteiger partial charge in [-0.3, -0.25) is 4.79 Å². The van der Waals surface area contributed by atoms with E-state index in [1.165, 1.54) is 18.2 Å². The molecule has 1 aliphatic heterocycles. The Morgan fingerprint density at radius 1 is 1.41 bits per heavy atom. The molecule has 0 spiro atoms. The number of benzene rings is 1. The summed E-state index contributed by atoms with van der Waals surface area (Å²) >= 11 is 0. The number of carbonyl (C=O) groups is 1. The zero-order chi connectivity index (χ0) is 12.3. The number of hydrogen-bond donors (Lipinski definition) is 4. The van der Waals surface area contributed by atoms with Crippen molar-refractivity contribution in [3.63, 3.8) is 0 Å². The van der Waals surface area contributed by atoms with Gasteiger partial charge in [0, 0.05) is 12.6 Å². The highest BCUT2D eigenvalue weighted by Crippen LogP contribution is 2.25. The van der Waals surface area contributed by atoms with E-state index in [1.807, 2.05) is 0 Å². The topological polar surface area (TPSA) is 81.6 Å². The average molecular weight is 236 g/mol. The van der Waals surface area contributed by atoms with Crippen LogP contribution in [0.25, 0.3) is 0 Å². The highest BCUT2D eigenvalue weighted by atomic mass is 16.3. The van der Waals surface area contributed by atoms with Gasteiger partial charge in [-0.15, -0.1) is 0 Å². The normalized spacial score (nSPS) is 19.2. The van der Waals surface area contributed by atoms with Gasteiger partial charge in [-0.05, 0) is 31.5 Å². The van der Waals surface area contributed by atoms with Gasteiger partial charge < -0.3 is 20.8 Å². The summed E-state index contributed by atoms with van der Waals surface area (Å²) in [5.74, 6) is -0.863. The molecule has 1 aromatic carbocycles. The van der Waals surface area contributed by atoms with Crippen molar-refractivity contribution in [3.8, 4) is 11.5 Å². The van der Waals surface area contributed by atoms with Crippen LogP contribution in [0.3, 0.4) is 0 Å². The number of carbonyl (C=O) groups excluding carboxylic acids is 1. The Balaban J connectivity index is 1.99. The van der Waals surface area contributed by atoms with Gasteiger partial charge in [0.25, 0.3) is 5.91 Å². The molecule has 4 N–H and O–H groups in total. The monoisotopic (exact) mass is 236 g/mol. The summed E-state index contributed by atoms with van der Waals surface area (Å²) in [4.78, 5) is 11.8. The summed E-state index contributed by atoms with van der Waals surface area (Å²) in [5.41, 5.74) is -0.0644. The van der Waals surface area contributed by atoms with Crippen LogP contribution < -0.4 is 10.6 Å². The van der Waals surface area contributed by atoms with Crippen molar-refractivity contribution >= 4 is 5.91 Å². The zero-order valence-electron chi connectivity index (χ0n) is 9.44. The molecule has 1 aliphatic rings. The third-order valence-corrected chi connectivity index (χ3v) is 2.92. The molecule has 1 aromatic rings. The Labute approximate surface area is 99.5 Å². The average Bonchev–Trinajstić information content (AvgIpc) is 2.79. The molecule has 5 heteroatoms. The first-order valence-electron chi connectivity index (χ1n) is 5.71. The molecule has 1 amide bonds. The molecule has 0 aliphatic carbocycles. The van der Waals surface area contributed by atoms with Gasteiger partial charge in [0.2, 0.25) is 0 Å². The molecular weight excluding hydrogens is 220 g/mol. The molecule has 0 saturated carbocycles. The lowest BCUT2D eigenvalue weighted by Crippen LogP contribution is -2.37. The van der Waals surface area contributed by atoms with Gasteiger partial charge in [0.1, 0.15) is 17.1 Å². The third kappa shape index (κ3) is 2.68. The number of amides is 1. The van der Waals surface area contributed by atoms with Gasteiger partial charge in [0.05, 0.1) is 0 Å². The Bertz CT molecular complexity index is 394. The summed E-state index contributed by atoms with van der Waals surface area (Å²) in [7, 11) is 0. The van der Waals surface area contributed by atoms with E-state index in [0.29, 0.717) is 6.54 Å². The molecule has 2 rings (SSSR count). The van der Waals surface area contributed by atoms with Crippen LogP contribution in [0, 0.1) is 0 Å². The van der Waals surface area contributed by atoms with Crippen LogP contribution in [-0.2, 0) is 0 Å². The molecule has 5 nitrogen and oxygen atoms in total. The first-order chi connectivity index (χ1) is 8.18. The van der Waals surface area contributed by atoms with E-state index < -0.39 is 5.91 Å². The Morgan fingerprint density at radius 3 is 2.71 bits per heavy atom. The summed E-state index contributed by atoms with van der Waals surface area (Å²) in [5, 5.41) is 25.0. The lowest BCUT2D eigenvalue weighted by molar-refractivity contribution is 0.0945. The predicted octanol–water partition coefficient (Wildman–Crippen LogP) is 0.580. The van der Waals surface area contributed by atoms with Gasteiger partial charge >= 0.3 is 0 Å². The second-order valence-electron chi connectivity index (χ2n) is 4.17. The van der Waals surface area contributed by atoms with Crippen molar-refractivity contribution in [2.24, 2.45) is 0 Å². The first kappa shape index (κ1) is 11.7. The van der Waals surface area contributed by atoms with Crippen molar-refractivity contribution < 1.29 is 15.0 Å². The van der Waals surface area contributed by atoms with E-state index in [-0.39, 0.29) is 23.1 Å². The van der Waals surface area contributed by atoms with E-state index in [0.717, 1.165) is 19.4 Å². The highest BCUT2D eigenvalue weighted by Gasteiger charge is 2.18. The van der Waals surface area contributed by atoms with Gasteiger partial charge in [-0.1, -0.05) is 6.07 Å². The van der Waals surface area contributed by atoms with Crippen LogP contribution in [0.2, 0.25) is 0 Å². The SMILES string of the molecule is O=C(NCC1CCCN1)c1c(O)cccc1O. The van der Waals surface area contributed by atoms with Crippen molar-refractivity contribution in [3.05, 3.63) is 23.8 Å². The zero-order valence-corrected chi connectivity index (χ0v) is 9.44. The quantitative estimate of drug-likeness (QED) is 0.619. The van der Waals surface area contributed by atoms with E-state index in [4.69, 9.17) is 0 Å². The molecule has 17 heavy (non-hydrogen) atoms. The van der Waals surface area contributed by atoms with E-state index in [9.17, 15) is 15.0 Å². The van der Waals surface area contributed by atoms with Crippen LogP contribution in [0.4, 0.5) is 0 Å². The first-order valence-corrected chi connectivity index (χ1v) is 5.71. The molecule has 1 unspecified atom stereocenters. The van der Waals surface area contributed by atoms with Crippen LogP contribution >= 0.6 is 0 Å². The summed E-state index contributed by atoms with van der Waals surface area (Å²) in [6.45, 7) is 1.48. The maximum atomic E-state index is 11.8. The Hall–Kier alpha value is -1.75. The van der Waals surface area contributed by atoms with Crippen molar-refractivity contribution in [1.82, 2.24) is 10.6 Å². The summed E-state index contributed by atoms with van der Waals surface area (Å²) < 4.78 is 0. The second-order valence-corrected chi connectivity index (χ2v) is 4.17. The number of rotatable bonds is 3. The molecular formula is C12H16N2O3. The maximum Gasteiger partial charge on any atom is 0.258 e. The minimum Gasteiger partial charge on any atom is -0.507 e. The van der Waals surface area contributed by atoms with Gasteiger partial charge in [-0.25, -0.2) is 0 Å². The fraction of sp³-hybridized carbons (Fsp3) is 0.417. The Morgan fingerprint density at radius 2 is 2.12 bits per heavy atom. The van der Waals surface area contributed by atoms with Crippen LogP contribution in [0.5, 0.6) is 11.5 Å². The highest BCUT2D eigenvalue weighted by molar-refractivity contribution is 5.99. The molecule has 1 atom stereocenters. The number of hydrogen-bond acceptors (Lipinski definition) is 4. The largest absolute Gasteiger partial charge is 0.507 e. The number of aromatic hydroxyl groups is 2. The van der Waals surface area contributed by atoms with Crippen LogP contribution in [0.1, 0.15) is 23.2 Å². The van der Waals surface area contributed by atoms with E-state index in [1.54, 1.807) is 0 Å². The Kier molecular flexibility index (Phi) is 3.49. The number of nitrogens with one attached hydrogen (secondary N) is 2. The van der Waals surface area contributed by atoms with Gasteiger partial charge in [-0.2, -0.15) is 0 Å². The lowest BCUT2D eigenvalue weighted by Gasteiger charge is -2.12. The predicted molar refractivity (Wildman–Crippen MR) is 63.1 cm³/mol. The van der Waals surface area contributed by atoms with Crippen LogP contribution in [-0.4, -0.2) is 35.3 Å². The number of phenolic OH excluding ortho intramolecular Hbond substituents is 2. The van der Waals surface area contributed by atoms with Crippen molar-refractivity contribution in [1.29, 1.82) is 0 Å². The summed E-state index contributed by atoms with van der Waals surface area (Å²) in [6, 6.07) is 4.53. The van der Waals surface area contributed by atoms with Crippen LogP contribution in [0.15, 0.2) is 18.2 Å². The fourth-order valence-corrected chi connectivity index (χ4v) is 2.00.